The third kappa shape index (κ3) is 3.92. The van der Waals surface area contributed by atoms with E-state index in [9.17, 15) is 19.7 Å². The summed E-state index contributed by atoms with van der Waals surface area (Å²) < 4.78 is 11.1. The highest BCUT2D eigenvalue weighted by Gasteiger charge is 2.09. The molecule has 0 aliphatic heterocycles. The van der Waals surface area contributed by atoms with Crippen molar-refractivity contribution in [2.24, 2.45) is 7.05 Å². The highest BCUT2D eigenvalue weighted by atomic mass is 16.7. The van der Waals surface area contributed by atoms with Crippen molar-refractivity contribution < 1.29 is 19.2 Å². The van der Waals surface area contributed by atoms with Crippen molar-refractivity contribution in [3.05, 3.63) is 68.6 Å². The minimum absolute atomic E-state index is 0.109. The van der Waals surface area contributed by atoms with Crippen molar-refractivity contribution in [2.75, 3.05) is 0 Å². The molecule has 0 fully saturated rings. The van der Waals surface area contributed by atoms with Gasteiger partial charge >= 0.3 is 6.16 Å². The normalized spacial score (nSPS) is 10.0. The molecule has 0 amide bonds. The van der Waals surface area contributed by atoms with Crippen LogP contribution >= 0.6 is 0 Å². The fourth-order valence-corrected chi connectivity index (χ4v) is 1.58. The molecular weight excluding hydrogens is 292 g/mol. The maximum atomic E-state index is 11.5. The van der Waals surface area contributed by atoms with Crippen LogP contribution in [0.4, 0.5) is 10.5 Å². The summed E-state index contributed by atoms with van der Waals surface area (Å²) in [6.07, 6.45) is 0.595. The van der Waals surface area contributed by atoms with E-state index in [-0.39, 0.29) is 23.6 Å². The Balaban J connectivity index is 1.91. The number of nitrogens with zero attached hydrogens (tertiary/aromatic N) is 2. The number of hydrogen-bond acceptors (Lipinski definition) is 6. The van der Waals surface area contributed by atoms with Crippen LogP contribution in [0.1, 0.15) is 5.56 Å². The maximum Gasteiger partial charge on any atom is 0.514 e. The molecule has 0 bridgehead atoms. The molecule has 0 saturated heterocycles. The lowest BCUT2D eigenvalue weighted by Gasteiger charge is -2.06. The van der Waals surface area contributed by atoms with Gasteiger partial charge in [-0.3, -0.25) is 14.9 Å². The number of ether oxygens (including phenoxy) is 2. The molecule has 114 valence electrons. The first-order valence-electron chi connectivity index (χ1n) is 6.20. The van der Waals surface area contributed by atoms with Crippen LogP contribution in [0, 0.1) is 10.1 Å². The summed E-state index contributed by atoms with van der Waals surface area (Å²) in [5, 5.41) is 10.5. The molecule has 1 aromatic heterocycles. The Morgan fingerprint density at radius 2 is 1.95 bits per heavy atom. The number of non-ortho nitro benzene ring substituents is 1. The van der Waals surface area contributed by atoms with E-state index in [1.165, 1.54) is 34.9 Å². The third-order valence-electron chi connectivity index (χ3n) is 2.77. The van der Waals surface area contributed by atoms with Crippen molar-refractivity contribution in [2.45, 2.75) is 6.61 Å². The van der Waals surface area contributed by atoms with Crippen molar-refractivity contribution in [3.63, 3.8) is 0 Å². The Labute approximate surface area is 124 Å². The van der Waals surface area contributed by atoms with E-state index in [1.54, 1.807) is 19.3 Å². The number of pyridine rings is 1. The topological polar surface area (TPSA) is 101 Å². The van der Waals surface area contributed by atoms with Gasteiger partial charge in [0.1, 0.15) is 12.4 Å². The van der Waals surface area contributed by atoms with E-state index >= 15 is 0 Å². The molecule has 0 atom stereocenters. The second-order valence-electron chi connectivity index (χ2n) is 4.38. The van der Waals surface area contributed by atoms with Crippen LogP contribution in [-0.4, -0.2) is 15.6 Å². The van der Waals surface area contributed by atoms with Gasteiger partial charge in [0.15, 0.2) is 0 Å². The quantitative estimate of drug-likeness (QED) is 0.370. The van der Waals surface area contributed by atoms with Gasteiger partial charge in [-0.15, -0.1) is 0 Å². The third-order valence-corrected chi connectivity index (χ3v) is 2.77. The lowest BCUT2D eigenvalue weighted by atomic mass is 10.3. The standard InChI is InChI=1S/C14H12N2O6/c1-15-7-6-10(8-13(15)17)9-21-14(18)22-12-4-2-11(3-5-12)16(19)20/h2-8H,9H2,1H3. The van der Waals surface area contributed by atoms with Crippen LogP contribution < -0.4 is 10.3 Å². The first-order chi connectivity index (χ1) is 10.5. The van der Waals surface area contributed by atoms with E-state index in [0.29, 0.717) is 5.56 Å². The lowest BCUT2D eigenvalue weighted by Crippen LogP contribution is -2.16. The summed E-state index contributed by atoms with van der Waals surface area (Å²) in [6.45, 7) is -0.109. The minimum Gasteiger partial charge on any atom is -0.429 e. The summed E-state index contributed by atoms with van der Waals surface area (Å²) in [5.74, 6) is 0.125. The monoisotopic (exact) mass is 304 g/mol. The van der Waals surface area contributed by atoms with Gasteiger partial charge in [0.25, 0.3) is 11.2 Å². The van der Waals surface area contributed by atoms with Gasteiger partial charge in [0.05, 0.1) is 4.92 Å². The maximum absolute atomic E-state index is 11.5. The molecule has 0 radical (unpaired) electrons. The summed E-state index contributed by atoms with van der Waals surface area (Å²) >= 11 is 0. The first kappa shape index (κ1) is 15.2. The largest absolute Gasteiger partial charge is 0.514 e. The van der Waals surface area contributed by atoms with Crippen LogP contribution in [0.5, 0.6) is 5.75 Å². The summed E-state index contributed by atoms with van der Waals surface area (Å²) in [7, 11) is 1.61. The Hall–Kier alpha value is -3.16. The number of benzene rings is 1. The molecule has 0 aliphatic carbocycles. The van der Waals surface area contributed by atoms with E-state index in [1.807, 2.05) is 0 Å². The number of carbonyl (C=O) groups excluding carboxylic acids is 1. The molecule has 1 aromatic carbocycles. The second kappa shape index (κ2) is 6.53. The van der Waals surface area contributed by atoms with Gasteiger partial charge in [-0.05, 0) is 23.8 Å². The lowest BCUT2D eigenvalue weighted by molar-refractivity contribution is -0.384. The highest BCUT2D eigenvalue weighted by molar-refractivity contribution is 5.64. The Bertz CT molecular complexity index is 751. The van der Waals surface area contributed by atoms with E-state index in [2.05, 4.69) is 0 Å². The Morgan fingerprint density at radius 1 is 1.27 bits per heavy atom. The van der Waals surface area contributed by atoms with Gasteiger partial charge in [-0.25, -0.2) is 4.79 Å². The van der Waals surface area contributed by atoms with E-state index < -0.39 is 11.1 Å². The zero-order valence-electron chi connectivity index (χ0n) is 11.6. The van der Waals surface area contributed by atoms with Crippen molar-refractivity contribution in [1.29, 1.82) is 0 Å². The van der Waals surface area contributed by atoms with E-state index in [4.69, 9.17) is 9.47 Å². The van der Waals surface area contributed by atoms with Gasteiger partial charge in [0.2, 0.25) is 0 Å². The molecule has 0 unspecified atom stereocenters. The summed E-state index contributed by atoms with van der Waals surface area (Å²) in [6, 6.07) is 7.99. The summed E-state index contributed by atoms with van der Waals surface area (Å²) in [5.41, 5.74) is 0.203. The number of aryl methyl sites for hydroxylation is 1. The van der Waals surface area contributed by atoms with Crippen LogP contribution in [0.2, 0.25) is 0 Å². The number of nitro benzene ring substituents is 1. The van der Waals surface area contributed by atoms with Crippen molar-refractivity contribution >= 4 is 11.8 Å². The molecule has 1 heterocycles. The molecule has 0 saturated carbocycles. The molecule has 0 spiro atoms. The number of carbonyl (C=O) groups is 1. The fraction of sp³-hybridized carbons (Fsp3) is 0.143. The molecule has 22 heavy (non-hydrogen) atoms. The average molecular weight is 304 g/mol. The molecule has 8 heteroatoms. The number of rotatable bonds is 4. The first-order valence-corrected chi connectivity index (χ1v) is 6.20. The van der Waals surface area contributed by atoms with Gasteiger partial charge < -0.3 is 14.0 Å². The summed E-state index contributed by atoms with van der Waals surface area (Å²) in [4.78, 5) is 32.8. The Kier molecular flexibility index (Phi) is 4.52. The van der Waals surface area contributed by atoms with Crippen LogP contribution in [-0.2, 0) is 18.4 Å². The average Bonchev–Trinajstić information content (AvgIpc) is 2.49. The predicted molar refractivity (Wildman–Crippen MR) is 75.6 cm³/mol. The van der Waals surface area contributed by atoms with Gasteiger partial charge in [-0.2, -0.15) is 0 Å². The highest BCUT2D eigenvalue weighted by Crippen LogP contribution is 2.17. The van der Waals surface area contributed by atoms with Crippen molar-refractivity contribution in [1.82, 2.24) is 4.57 Å². The fourth-order valence-electron chi connectivity index (χ4n) is 1.58. The Morgan fingerprint density at radius 3 is 2.55 bits per heavy atom. The molecule has 0 aliphatic rings. The predicted octanol–water partition coefficient (Wildman–Crippen LogP) is 2.01. The number of aromatic nitrogens is 1. The number of nitro groups is 1. The van der Waals surface area contributed by atoms with Crippen LogP contribution in [0.3, 0.4) is 0 Å². The number of hydrogen-bond donors (Lipinski definition) is 0. The second-order valence-corrected chi connectivity index (χ2v) is 4.38. The SMILES string of the molecule is Cn1ccc(COC(=O)Oc2ccc([N+](=O)[O-])cc2)cc1=O. The van der Waals surface area contributed by atoms with E-state index in [0.717, 1.165) is 0 Å². The molecule has 8 nitrogen and oxygen atoms in total. The molecule has 0 N–H and O–H groups in total. The molecular formula is C14H12N2O6. The zero-order chi connectivity index (χ0) is 16.1. The zero-order valence-corrected chi connectivity index (χ0v) is 11.6. The molecule has 2 aromatic rings. The van der Waals surface area contributed by atoms with Crippen LogP contribution in [0.25, 0.3) is 0 Å². The van der Waals surface area contributed by atoms with Crippen molar-refractivity contribution in [3.8, 4) is 5.75 Å². The van der Waals surface area contributed by atoms with Gasteiger partial charge in [-0.1, -0.05) is 0 Å². The van der Waals surface area contributed by atoms with Gasteiger partial charge in [0, 0.05) is 31.4 Å². The van der Waals surface area contributed by atoms with Crippen LogP contribution in [0.15, 0.2) is 47.4 Å². The smallest absolute Gasteiger partial charge is 0.429 e. The minimum atomic E-state index is -0.963. The molecule has 2 rings (SSSR count).